The first-order valence-electron chi connectivity index (χ1n) is 6.86. The summed E-state index contributed by atoms with van der Waals surface area (Å²) in [4.78, 5) is 0.262. The minimum absolute atomic E-state index is 0.262. The predicted octanol–water partition coefficient (Wildman–Crippen LogP) is 2.62. The molecular formula is C16H20N2O2S. The second-order valence-corrected chi connectivity index (χ2v) is 6.77. The predicted molar refractivity (Wildman–Crippen MR) is 85.4 cm³/mol. The summed E-state index contributed by atoms with van der Waals surface area (Å²) in [5.74, 6) is 0. The van der Waals surface area contributed by atoms with E-state index < -0.39 is 10.0 Å². The van der Waals surface area contributed by atoms with Crippen molar-refractivity contribution in [2.75, 3.05) is 5.73 Å². The molecule has 0 unspecified atom stereocenters. The number of rotatable bonds is 5. The van der Waals surface area contributed by atoms with Crippen LogP contribution in [0, 0.1) is 6.92 Å². The zero-order valence-corrected chi connectivity index (χ0v) is 13.1. The van der Waals surface area contributed by atoms with Gasteiger partial charge < -0.3 is 5.73 Å². The number of benzene rings is 2. The number of aryl methyl sites for hydroxylation is 2. The lowest BCUT2D eigenvalue weighted by Crippen LogP contribution is -2.24. The van der Waals surface area contributed by atoms with Crippen LogP contribution < -0.4 is 10.5 Å². The van der Waals surface area contributed by atoms with E-state index in [-0.39, 0.29) is 11.4 Å². The van der Waals surface area contributed by atoms with Crippen molar-refractivity contribution in [3.05, 3.63) is 59.2 Å². The van der Waals surface area contributed by atoms with Crippen molar-refractivity contribution in [1.82, 2.24) is 4.72 Å². The average molecular weight is 304 g/mol. The van der Waals surface area contributed by atoms with Gasteiger partial charge in [-0.1, -0.05) is 42.8 Å². The molecule has 0 spiro atoms. The van der Waals surface area contributed by atoms with E-state index in [1.807, 2.05) is 38.1 Å². The highest BCUT2D eigenvalue weighted by molar-refractivity contribution is 7.89. The van der Waals surface area contributed by atoms with E-state index in [0.717, 1.165) is 16.7 Å². The van der Waals surface area contributed by atoms with Crippen molar-refractivity contribution < 1.29 is 8.42 Å². The molecule has 0 heterocycles. The van der Waals surface area contributed by atoms with Gasteiger partial charge in [-0.3, -0.25) is 0 Å². The van der Waals surface area contributed by atoms with E-state index in [2.05, 4.69) is 4.72 Å². The smallest absolute Gasteiger partial charge is 0.241 e. The van der Waals surface area contributed by atoms with Crippen LogP contribution in [0.5, 0.6) is 0 Å². The molecule has 0 atom stereocenters. The molecule has 2 rings (SSSR count). The zero-order chi connectivity index (χ0) is 15.5. The fraction of sp³-hybridized carbons (Fsp3) is 0.250. The summed E-state index contributed by atoms with van der Waals surface area (Å²) >= 11 is 0. The number of hydrogen-bond donors (Lipinski definition) is 2. The minimum Gasteiger partial charge on any atom is -0.399 e. The molecule has 2 aromatic carbocycles. The third kappa shape index (κ3) is 3.83. The van der Waals surface area contributed by atoms with Gasteiger partial charge >= 0.3 is 0 Å². The molecule has 0 aliphatic heterocycles. The van der Waals surface area contributed by atoms with E-state index >= 15 is 0 Å². The van der Waals surface area contributed by atoms with Gasteiger partial charge in [0.05, 0.1) is 4.90 Å². The number of anilines is 1. The molecule has 3 N–H and O–H groups in total. The first-order chi connectivity index (χ1) is 9.92. The maximum Gasteiger partial charge on any atom is 0.241 e. The summed E-state index contributed by atoms with van der Waals surface area (Å²) in [7, 11) is -3.57. The van der Waals surface area contributed by atoms with Gasteiger partial charge in [0.15, 0.2) is 0 Å². The van der Waals surface area contributed by atoms with Crippen LogP contribution in [0.15, 0.2) is 47.4 Å². The van der Waals surface area contributed by atoms with Gasteiger partial charge in [0.1, 0.15) is 0 Å². The molecule has 0 radical (unpaired) electrons. The van der Waals surface area contributed by atoms with Crippen LogP contribution in [0.3, 0.4) is 0 Å². The van der Waals surface area contributed by atoms with Crippen molar-refractivity contribution >= 4 is 15.7 Å². The van der Waals surface area contributed by atoms with Crippen LogP contribution in [0.4, 0.5) is 5.69 Å². The molecule has 0 bridgehead atoms. The molecule has 0 aromatic heterocycles. The average Bonchev–Trinajstić information content (AvgIpc) is 2.45. The summed E-state index contributed by atoms with van der Waals surface area (Å²) in [5.41, 5.74) is 8.96. The monoisotopic (exact) mass is 304 g/mol. The summed E-state index contributed by atoms with van der Waals surface area (Å²) in [6, 6.07) is 12.7. The molecule has 0 saturated heterocycles. The first kappa shape index (κ1) is 15.5. The molecule has 0 aliphatic rings. The summed E-state index contributed by atoms with van der Waals surface area (Å²) < 4.78 is 27.5. The van der Waals surface area contributed by atoms with Crippen molar-refractivity contribution in [2.45, 2.75) is 31.7 Å². The van der Waals surface area contributed by atoms with E-state index in [9.17, 15) is 8.42 Å². The molecule has 2 aromatic rings. The van der Waals surface area contributed by atoms with Crippen LogP contribution in [-0.2, 0) is 23.0 Å². The molecule has 0 aliphatic carbocycles. The Labute approximate surface area is 126 Å². The van der Waals surface area contributed by atoms with Crippen molar-refractivity contribution in [1.29, 1.82) is 0 Å². The molecule has 5 heteroatoms. The molecule has 21 heavy (non-hydrogen) atoms. The van der Waals surface area contributed by atoms with Gasteiger partial charge in [-0.25, -0.2) is 13.1 Å². The van der Waals surface area contributed by atoms with Gasteiger partial charge in [-0.15, -0.1) is 0 Å². The first-order valence-corrected chi connectivity index (χ1v) is 8.34. The standard InChI is InChI=1S/C16H20N2O2S/c1-3-14-7-8-15(17)10-16(14)21(19,20)18-11-13-6-4-5-12(2)9-13/h4-10,18H,3,11,17H2,1-2H3. The second-order valence-electron chi connectivity index (χ2n) is 5.03. The quantitative estimate of drug-likeness (QED) is 0.834. The largest absolute Gasteiger partial charge is 0.399 e. The van der Waals surface area contributed by atoms with Crippen LogP contribution in [0.2, 0.25) is 0 Å². The Morgan fingerprint density at radius 1 is 1.14 bits per heavy atom. The summed E-state index contributed by atoms with van der Waals surface area (Å²) in [5, 5.41) is 0. The Bertz CT molecular complexity index is 740. The van der Waals surface area contributed by atoms with Gasteiger partial charge in [0, 0.05) is 12.2 Å². The van der Waals surface area contributed by atoms with Gasteiger partial charge in [0.25, 0.3) is 0 Å². The Morgan fingerprint density at radius 3 is 2.57 bits per heavy atom. The van der Waals surface area contributed by atoms with Gasteiger partial charge in [-0.2, -0.15) is 0 Å². The summed E-state index contributed by atoms with van der Waals surface area (Å²) in [6.07, 6.45) is 0.640. The second kappa shape index (κ2) is 6.28. The Hall–Kier alpha value is -1.85. The normalized spacial score (nSPS) is 11.5. The van der Waals surface area contributed by atoms with Crippen LogP contribution in [-0.4, -0.2) is 8.42 Å². The van der Waals surface area contributed by atoms with Crippen molar-refractivity contribution in [3.8, 4) is 0 Å². The number of nitrogens with two attached hydrogens (primary N) is 1. The van der Waals surface area contributed by atoms with E-state index in [1.54, 1.807) is 12.1 Å². The lowest BCUT2D eigenvalue weighted by Gasteiger charge is -2.11. The maximum absolute atomic E-state index is 12.5. The van der Waals surface area contributed by atoms with Crippen molar-refractivity contribution in [2.24, 2.45) is 0 Å². The highest BCUT2D eigenvalue weighted by atomic mass is 32.2. The highest BCUT2D eigenvalue weighted by Crippen LogP contribution is 2.20. The lowest BCUT2D eigenvalue weighted by atomic mass is 10.1. The molecule has 4 nitrogen and oxygen atoms in total. The van der Waals surface area contributed by atoms with Gasteiger partial charge in [0.2, 0.25) is 10.0 Å². The van der Waals surface area contributed by atoms with E-state index in [0.29, 0.717) is 12.1 Å². The van der Waals surface area contributed by atoms with Crippen molar-refractivity contribution in [3.63, 3.8) is 0 Å². The summed E-state index contributed by atoms with van der Waals surface area (Å²) in [6.45, 7) is 4.16. The molecule has 112 valence electrons. The molecule has 0 saturated carbocycles. The van der Waals surface area contributed by atoms with Gasteiger partial charge in [-0.05, 0) is 36.6 Å². The highest BCUT2D eigenvalue weighted by Gasteiger charge is 2.17. The number of sulfonamides is 1. The van der Waals surface area contributed by atoms with Crippen LogP contribution >= 0.6 is 0 Å². The maximum atomic E-state index is 12.5. The minimum atomic E-state index is -3.57. The Balaban J connectivity index is 2.24. The van der Waals surface area contributed by atoms with Crippen LogP contribution in [0.1, 0.15) is 23.6 Å². The zero-order valence-electron chi connectivity index (χ0n) is 12.3. The third-order valence-electron chi connectivity index (χ3n) is 3.31. The number of nitrogen functional groups attached to an aromatic ring is 1. The van der Waals surface area contributed by atoms with E-state index in [4.69, 9.17) is 5.73 Å². The van der Waals surface area contributed by atoms with Crippen LogP contribution in [0.25, 0.3) is 0 Å². The number of nitrogens with one attached hydrogen (secondary N) is 1. The molecule has 0 amide bonds. The Morgan fingerprint density at radius 2 is 1.90 bits per heavy atom. The third-order valence-corrected chi connectivity index (χ3v) is 4.79. The fourth-order valence-corrected chi connectivity index (χ4v) is 3.55. The molecular weight excluding hydrogens is 284 g/mol. The number of hydrogen-bond acceptors (Lipinski definition) is 3. The SMILES string of the molecule is CCc1ccc(N)cc1S(=O)(=O)NCc1cccc(C)c1. The van der Waals surface area contributed by atoms with E-state index in [1.165, 1.54) is 6.07 Å². The fourth-order valence-electron chi connectivity index (χ4n) is 2.19. The topological polar surface area (TPSA) is 72.2 Å². The molecule has 0 fully saturated rings. The lowest BCUT2D eigenvalue weighted by molar-refractivity contribution is 0.580. The Kier molecular flexibility index (Phi) is 4.65.